The summed E-state index contributed by atoms with van der Waals surface area (Å²) in [7, 11) is 0. The number of hydrogen-bond acceptors (Lipinski definition) is 4. The van der Waals surface area contributed by atoms with E-state index in [0.717, 1.165) is 18.5 Å². The zero-order valence-corrected chi connectivity index (χ0v) is 14.5. The SMILES string of the molecule is CC(C)(C)c1csc(CN2CCC(C3CCCN3)CC2)n1. The topological polar surface area (TPSA) is 28.2 Å². The van der Waals surface area contributed by atoms with Crippen LogP contribution in [-0.2, 0) is 12.0 Å². The molecule has 1 aromatic heterocycles. The molecule has 1 unspecified atom stereocenters. The molecule has 0 aromatic carbocycles. The van der Waals surface area contributed by atoms with E-state index in [1.54, 1.807) is 0 Å². The molecule has 0 saturated carbocycles. The van der Waals surface area contributed by atoms with E-state index in [9.17, 15) is 0 Å². The van der Waals surface area contributed by atoms with E-state index in [2.05, 4.69) is 36.4 Å². The molecule has 0 spiro atoms. The maximum atomic E-state index is 4.84. The smallest absolute Gasteiger partial charge is 0.107 e. The molecule has 118 valence electrons. The summed E-state index contributed by atoms with van der Waals surface area (Å²) >= 11 is 1.83. The highest BCUT2D eigenvalue weighted by Crippen LogP contribution is 2.28. The zero-order valence-electron chi connectivity index (χ0n) is 13.7. The molecule has 0 bridgehead atoms. The van der Waals surface area contributed by atoms with Gasteiger partial charge in [0.15, 0.2) is 0 Å². The fourth-order valence-electron chi connectivity index (χ4n) is 3.55. The van der Waals surface area contributed by atoms with Crippen LogP contribution in [0.5, 0.6) is 0 Å². The van der Waals surface area contributed by atoms with Crippen LogP contribution in [0, 0.1) is 5.92 Å². The summed E-state index contributed by atoms with van der Waals surface area (Å²) in [4.78, 5) is 7.43. The summed E-state index contributed by atoms with van der Waals surface area (Å²) in [6, 6.07) is 0.805. The molecule has 2 saturated heterocycles. The minimum Gasteiger partial charge on any atom is -0.314 e. The van der Waals surface area contributed by atoms with E-state index in [4.69, 9.17) is 4.98 Å². The van der Waals surface area contributed by atoms with Crippen LogP contribution in [0.2, 0.25) is 0 Å². The van der Waals surface area contributed by atoms with Crippen molar-refractivity contribution in [2.75, 3.05) is 19.6 Å². The van der Waals surface area contributed by atoms with Crippen molar-refractivity contribution in [3.05, 3.63) is 16.1 Å². The van der Waals surface area contributed by atoms with Crippen molar-refractivity contribution >= 4 is 11.3 Å². The molecule has 1 atom stereocenters. The minimum absolute atomic E-state index is 0.176. The number of aromatic nitrogens is 1. The lowest BCUT2D eigenvalue weighted by Gasteiger charge is -2.34. The van der Waals surface area contributed by atoms with Crippen molar-refractivity contribution < 1.29 is 0 Å². The van der Waals surface area contributed by atoms with Crippen LogP contribution >= 0.6 is 11.3 Å². The van der Waals surface area contributed by atoms with Gasteiger partial charge >= 0.3 is 0 Å². The lowest BCUT2D eigenvalue weighted by atomic mass is 9.88. The van der Waals surface area contributed by atoms with Crippen molar-refractivity contribution in [2.45, 2.75) is 64.5 Å². The number of nitrogens with one attached hydrogen (secondary N) is 1. The highest BCUT2D eigenvalue weighted by atomic mass is 32.1. The van der Waals surface area contributed by atoms with Gasteiger partial charge in [0.25, 0.3) is 0 Å². The summed E-state index contributed by atoms with van der Waals surface area (Å²) in [6.45, 7) is 11.5. The highest BCUT2D eigenvalue weighted by Gasteiger charge is 2.28. The van der Waals surface area contributed by atoms with Gasteiger partial charge in [-0.05, 0) is 51.2 Å². The Morgan fingerprint density at radius 2 is 2.05 bits per heavy atom. The number of piperidine rings is 1. The van der Waals surface area contributed by atoms with Crippen molar-refractivity contribution in [1.82, 2.24) is 15.2 Å². The van der Waals surface area contributed by atoms with Crippen molar-refractivity contribution in [3.63, 3.8) is 0 Å². The van der Waals surface area contributed by atoms with E-state index >= 15 is 0 Å². The first kappa shape index (κ1) is 15.4. The van der Waals surface area contributed by atoms with Gasteiger partial charge in [-0.15, -0.1) is 11.3 Å². The molecule has 2 aliphatic rings. The number of rotatable bonds is 3. The second-order valence-corrected chi connectivity index (χ2v) is 8.64. The van der Waals surface area contributed by atoms with Crippen molar-refractivity contribution in [2.24, 2.45) is 5.92 Å². The maximum Gasteiger partial charge on any atom is 0.107 e. The summed E-state index contributed by atoms with van der Waals surface area (Å²) in [5.74, 6) is 0.908. The summed E-state index contributed by atoms with van der Waals surface area (Å²) < 4.78 is 0. The van der Waals surface area contributed by atoms with Crippen LogP contribution in [-0.4, -0.2) is 35.6 Å². The van der Waals surface area contributed by atoms with Crippen LogP contribution in [0.15, 0.2) is 5.38 Å². The van der Waals surface area contributed by atoms with Gasteiger partial charge in [0, 0.05) is 16.8 Å². The first-order valence-corrected chi connectivity index (χ1v) is 9.31. The molecule has 3 heterocycles. The first-order chi connectivity index (χ1) is 10.0. The van der Waals surface area contributed by atoms with Crippen LogP contribution in [0.4, 0.5) is 0 Å². The third-order valence-corrected chi connectivity index (χ3v) is 5.81. The number of nitrogens with zero attached hydrogens (tertiary/aromatic N) is 2. The molecule has 2 aliphatic heterocycles. The Balaban J connectivity index is 1.50. The third kappa shape index (κ3) is 3.85. The Morgan fingerprint density at radius 3 is 2.62 bits per heavy atom. The second-order valence-electron chi connectivity index (χ2n) is 7.69. The van der Waals surface area contributed by atoms with Gasteiger partial charge in [-0.3, -0.25) is 4.90 Å². The van der Waals surface area contributed by atoms with Crippen molar-refractivity contribution in [3.8, 4) is 0 Å². The van der Waals surface area contributed by atoms with E-state index in [-0.39, 0.29) is 5.41 Å². The Hall–Kier alpha value is -0.450. The predicted molar refractivity (Wildman–Crippen MR) is 89.8 cm³/mol. The number of likely N-dealkylation sites (tertiary alicyclic amines) is 1. The van der Waals surface area contributed by atoms with E-state index in [1.807, 2.05) is 11.3 Å². The van der Waals surface area contributed by atoms with Crippen LogP contribution in [0.1, 0.15) is 57.2 Å². The maximum absolute atomic E-state index is 4.84. The summed E-state index contributed by atoms with van der Waals surface area (Å²) in [5, 5.41) is 7.21. The van der Waals surface area contributed by atoms with Gasteiger partial charge in [0.1, 0.15) is 5.01 Å². The second kappa shape index (κ2) is 6.35. The Labute approximate surface area is 133 Å². The Kier molecular flexibility index (Phi) is 4.67. The summed E-state index contributed by atoms with van der Waals surface area (Å²) in [6.07, 6.45) is 5.48. The molecule has 0 aliphatic carbocycles. The molecule has 1 N–H and O–H groups in total. The monoisotopic (exact) mass is 307 g/mol. The molecule has 3 nitrogen and oxygen atoms in total. The summed E-state index contributed by atoms with van der Waals surface area (Å²) in [5.41, 5.74) is 1.42. The van der Waals surface area contributed by atoms with Crippen LogP contribution < -0.4 is 5.32 Å². The van der Waals surface area contributed by atoms with E-state index < -0.39 is 0 Å². The normalized spacial score (nSPS) is 25.6. The number of hydrogen-bond donors (Lipinski definition) is 1. The Bertz CT molecular complexity index is 449. The fourth-order valence-corrected chi connectivity index (χ4v) is 4.61. The average molecular weight is 308 g/mol. The molecule has 21 heavy (non-hydrogen) atoms. The van der Waals surface area contributed by atoms with Gasteiger partial charge in [0.05, 0.1) is 12.2 Å². The molecule has 2 fully saturated rings. The zero-order chi connectivity index (χ0) is 14.9. The molecular formula is C17H29N3S. The van der Waals surface area contributed by atoms with E-state index in [0.29, 0.717) is 0 Å². The number of thiazole rings is 1. The minimum atomic E-state index is 0.176. The lowest BCUT2D eigenvalue weighted by molar-refractivity contribution is 0.157. The van der Waals surface area contributed by atoms with Gasteiger partial charge in [-0.25, -0.2) is 4.98 Å². The standard InChI is InChI=1S/C17H29N3S/c1-17(2,3)15-12-21-16(19-15)11-20-9-6-13(7-10-20)14-5-4-8-18-14/h12-14,18H,4-11H2,1-3H3. The van der Waals surface area contributed by atoms with Gasteiger partial charge in [-0.2, -0.15) is 0 Å². The Morgan fingerprint density at radius 1 is 1.29 bits per heavy atom. The molecule has 1 aromatic rings. The van der Waals surface area contributed by atoms with E-state index in [1.165, 1.54) is 56.0 Å². The quantitative estimate of drug-likeness (QED) is 0.927. The fraction of sp³-hybridized carbons (Fsp3) is 0.824. The first-order valence-electron chi connectivity index (χ1n) is 8.43. The van der Waals surface area contributed by atoms with Gasteiger partial charge < -0.3 is 5.32 Å². The van der Waals surface area contributed by atoms with Crippen LogP contribution in [0.3, 0.4) is 0 Å². The van der Waals surface area contributed by atoms with Gasteiger partial charge in [0.2, 0.25) is 0 Å². The third-order valence-electron chi connectivity index (χ3n) is 4.98. The lowest BCUT2D eigenvalue weighted by Crippen LogP contribution is -2.40. The van der Waals surface area contributed by atoms with Gasteiger partial charge in [-0.1, -0.05) is 20.8 Å². The molecule has 4 heteroatoms. The highest BCUT2D eigenvalue weighted by molar-refractivity contribution is 7.09. The molecule has 0 amide bonds. The molecular weight excluding hydrogens is 278 g/mol. The molecule has 0 radical (unpaired) electrons. The van der Waals surface area contributed by atoms with Crippen LogP contribution in [0.25, 0.3) is 0 Å². The predicted octanol–water partition coefficient (Wildman–Crippen LogP) is 3.40. The molecule has 3 rings (SSSR count). The average Bonchev–Trinajstić information content (AvgIpc) is 3.09. The largest absolute Gasteiger partial charge is 0.314 e. The van der Waals surface area contributed by atoms with Crippen molar-refractivity contribution in [1.29, 1.82) is 0 Å².